The SMILES string of the molecule is CCN(CC)C(=O)c1cccc(NC2CCC(C)(C)C2)c1. The molecule has 0 bridgehead atoms. The maximum Gasteiger partial charge on any atom is 0.253 e. The van der Waals surface area contributed by atoms with Gasteiger partial charge in [0.2, 0.25) is 0 Å². The number of rotatable bonds is 5. The van der Waals surface area contributed by atoms with E-state index < -0.39 is 0 Å². The zero-order valence-electron chi connectivity index (χ0n) is 13.8. The third-order valence-electron chi connectivity index (χ3n) is 4.50. The van der Waals surface area contributed by atoms with Crippen LogP contribution >= 0.6 is 0 Å². The third kappa shape index (κ3) is 3.99. The van der Waals surface area contributed by atoms with Gasteiger partial charge in [0.25, 0.3) is 5.91 Å². The maximum absolute atomic E-state index is 12.4. The number of nitrogens with zero attached hydrogens (tertiary/aromatic N) is 1. The maximum atomic E-state index is 12.4. The highest BCUT2D eigenvalue weighted by molar-refractivity contribution is 5.95. The lowest BCUT2D eigenvalue weighted by molar-refractivity contribution is 0.0773. The average Bonchev–Trinajstić information content (AvgIpc) is 2.79. The fraction of sp³-hybridized carbons (Fsp3) is 0.611. The Hall–Kier alpha value is -1.51. The van der Waals surface area contributed by atoms with E-state index in [1.165, 1.54) is 19.3 Å². The lowest BCUT2D eigenvalue weighted by Crippen LogP contribution is -2.30. The summed E-state index contributed by atoms with van der Waals surface area (Å²) >= 11 is 0. The van der Waals surface area contributed by atoms with Crippen molar-refractivity contribution in [1.82, 2.24) is 4.90 Å². The Morgan fingerprint density at radius 3 is 2.62 bits per heavy atom. The molecule has 1 aliphatic carbocycles. The van der Waals surface area contributed by atoms with Crippen LogP contribution < -0.4 is 5.32 Å². The molecule has 1 fully saturated rings. The Morgan fingerprint density at radius 2 is 2.05 bits per heavy atom. The highest BCUT2D eigenvalue weighted by Gasteiger charge is 2.30. The molecule has 3 nitrogen and oxygen atoms in total. The molecule has 1 amide bonds. The molecule has 1 saturated carbocycles. The van der Waals surface area contributed by atoms with Gasteiger partial charge in [-0.1, -0.05) is 19.9 Å². The fourth-order valence-electron chi connectivity index (χ4n) is 3.23. The van der Waals surface area contributed by atoms with Gasteiger partial charge in [0.15, 0.2) is 0 Å². The Kier molecular flexibility index (Phi) is 4.92. The number of carbonyl (C=O) groups excluding carboxylic acids is 1. The van der Waals surface area contributed by atoms with Gasteiger partial charge in [-0.3, -0.25) is 4.79 Å². The van der Waals surface area contributed by atoms with Crippen molar-refractivity contribution < 1.29 is 4.79 Å². The molecule has 3 heteroatoms. The molecule has 2 rings (SSSR count). The van der Waals surface area contributed by atoms with Gasteiger partial charge in [-0.15, -0.1) is 0 Å². The van der Waals surface area contributed by atoms with Crippen LogP contribution in [0.1, 0.15) is 57.3 Å². The van der Waals surface area contributed by atoms with E-state index in [-0.39, 0.29) is 5.91 Å². The molecule has 116 valence electrons. The van der Waals surface area contributed by atoms with Crippen molar-refractivity contribution in [3.8, 4) is 0 Å². The van der Waals surface area contributed by atoms with Crippen LogP contribution in [0.4, 0.5) is 5.69 Å². The highest BCUT2D eigenvalue weighted by Crippen LogP contribution is 2.38. The van der Waals surface area contributed by atoms with E-state index in [1.807, 2.05) is 36.9 Å². The smallest absolute Gasteiger partial charge is 0.253 e. The second-order valence-corrected chi connectivity index (χ2v) is 6.81. The van der Waals surface area contributed by atoms with Gasteiger partial charge in [0.1, 0.15) is 0 Å². The molecule has 0 aliphatic heterocycles. The number of benzene rings is 1. The van der Waals surface area contributed by atoms with E-state index in [4.69, 9.17) is 0 Å². The van der Waals surface area contributed by atoms with E-state index >= 15 is 0 Å². The highest BCUT2D eigenvalue weighted by atomic mass is 16.2. The van der Waals surface area contributed by atoms with Crippen molar-refractivity contribution in [2.75, 3.05) is 18.4 Å². The molecule has 0 spiro atoms. The topological polar surface area (TPSA) is 32.3 Å². The molecule has 0 aromatic heterocycles. The van der Waals surface area contributed by atoms with Gasteiger partial charge < -0.3 is 10.2 Å². The van der Waals surface area contributed by atoms with E-state index in [0.717, 1.165) is 24.3 Å². The van der Waals surface area contributed by atoms with E-state index in [0.29, 0.717) is 11.5 Å². The molecule has 1 unspecified atom stereocenters. The van der Waals surface area contributed by atoms with E-state index in [1.54, 1.807) is 0 Å². The molecule has 1 aromatic rings. The van der Waals surface area contributed by atoms with Crippen LogP contribution in [0.15, 0.2) is 24.3 Å². The Bertz CT molecular complexity index is 492. The molecule has 1 N–H and O–H groups in total. The lowest BCUT2D eigenvalue weighted by atomic mass is 9.92. The second-order valence-electron chi connectivity index (χ2n) is 6.81. The first-order valence-corrected chi connectivity index (χ1v) is 8.11. The zero-order chi connectivity index (χ0) is 15.5. The summed E-state index contributed by atoms with van der Waals surface area (Å²) in [5.41, 5.74) is 2.28. The Labute approximate surface area is 128 Å². The minimum atomic E-state index is 0.121. The van der Waals surface area contributed by atoms with Gasteiger partial charge >= 0.3 is 0 Å². The Balaban J connectivity index is 2.06. The number of amides is 1. The van der Waals surface area contributed by atoms with Crippen LogP contribution in [0.25, 0.3) is 0 Å². The van der Waals surface area contributed by atoms with Crippen molar-refractivity contribution in [2.45, 2.75) is 53.0 Å². The number of anilines is 1. The summed E-state index contributed by atoms with van der Waals surface area (Å²) < 4.78 is 0. The molecule has 21 heavy (non-hydrogen) atoms. The van der Waals surface area contributed by atoms with E-state index in [2.05, 4.69) is 25.2 Å². The van der Waals surface area contributed by atoms with Crippen molar-refractivity contribution in [3.63, 3.8) is 0 Å². The standard InChI is InChI=1S/C18H28N2O/c1-5-20(6-2)17(21)14-8-7-9-15(12-14)19-16-10-11-18(3,4)13-16/h7-9,12,16,19H,5-6,10-11,13H2,1-4H3. The predicted octanol–water partition coefficient (Wildman–Crippen LogP) is 4.16. The quantitative estimate of drug-likeness (QED) is 0.882. The van der Waals surface area contributed by atoms with Gasteiger partial charge in [-0.25, -0.2) is 0 Å². The summed E-state index contributed by atoms with van der Waals surface area (Å²) in [7, 11) is 0. The fourth-order valence-corrected chi connectivity index (χ4v) is 3.23. The summed E-state index contributed by atoms with van der Waals surface area (Å²) in [4.78, 5) is 14.3. The van der Waals surface area contributed by atoms with E-state index in [9.17, 15) is 4.79 Å². The first kappa shape index (κ1) is 15.9. The molecule has 1 aromatic carbocycles. The van der Waals surface area contributed by atoms with Crippen molar-refractivity contribution in [2.24, 2.45) is 5.41 Å². The number of hydrogen-bond acceptors (Lipinski definition) is 2. The Morgan fingerprint density at radius 1 is 1.33 bits per heavy atom. The molecule has 0 saturated heterocycles. The summed E-state index contributed by atoms with van der Waals surface area (Å²) in [6.45, 7) is 10.2. The van der Waals surface area contributed by atoms with Crippen LogP contribution in [-0.4, -0.2) is 29.9 Å². The minimum Gasteiger partial charge on any atom is -0.382 e. The minimum absolute atomic E-state index is 0.121. The van der Waals surface area contributed by atoms with Gasteiger partial charge in [-0.05, 0) is 56.7 Å². The van der Waals surface area contributed by atoms with Gasteiger partial charge in [-0.2, -0.15) is 0 Å². The summed E-state index contributed by atoms with van der Waals surface area (Å²) in [5.74, 6) is 0.121. The van der Waals surface area contributed by atoms with Crippen LogP contribution in [0.2, 0.25) is 0 Å². The number of hydrogen-bond donors (Lipinski definition) is 1. The molecule has 1 aliphatic rings. The van der Waals surface area contributed by atoms with Crippen LogP contribution in [0.5, 0.6) is 0 Å². The molecular formula is C18H28N2O. The molecule has 1 atom stereocenters. The van der Waals surface area contributed by atoms with Crippen molar-refractivity contribution in [1.29, 1.82) is 0 Å². The predicted molar refractivity (Wildman–Crippen MR) is 88.7 cm³/mol. The lowest BCUT2D eigenvalue weighted by Gasteiger charge is -2.21. The monoisotopic (exact) mass is 288 g/mol. The first-order chi connectivity index (χ1) is 9.95. The molecular weight excluding hydrogens is 260 g/mol. The summed E-state index contributed by atoms with van der Waals surface area (Å²) in [6.07, 6.45) is 3.67. The molecule has 0 heterocycles. The number of nitrogens with one attached hydrogen (secondary N) is 1. The van der Waals surface area contributed by atoms with Crippen LogP contribution in [0, 0.1) is 5.41 Å². The van der Waals surface area contributed by atoms with Crippen LogP contribution in [0.3, 0.4) is 0 Å². The average molecular weight is 288 g/mol. The first-order valence-electron chi connectivity index (χ1n) is 8.11. The van der Waals surface area contributed by atoms with Crippen molar-refractivity contribution >= 4 is 11.6 Å². The van der Waals surface area contributed by atoms with Gasteiger partial charge in [0, 0.05) is 30.4 Å². The zero-order valence-corrected chi connectivity index (χ0v) is 13.8. The molecule has 0 radical (unpaired) electrons. The largest absolute Gasteiger partial charge is 0.382 e. The van der Waals surface area contributed by atoms with Gasteiger partial charge in [0.05, 0.1) is 0 Å². The summed E-state index contributed by atoms with van der Waals surface area (Å²) in [6, 6.07) is 8.46. The normalized spacial score (nSPS) is 20.3. The third-order valence-corrected chi connectivity index (χ3v) is 4.50. The number of carbonyl (C=O) groups is 1. The second kappa shape index (κ2) is 6.50. The summed E-state index contributed by atoms with van der Waals surface area (Å²) in [5, 5.41) is 3.60. The van der Waals surface area contributed by atoms with Crippen LogP contribution in [-0.2, 0) is 0 Å². The van der Waals surface area contributed by atoms with Crippen molar-refractivity contribution in [3.05, 3.63) is 29.8 Å².